The second-order valence-electron chi connectivity index (χ2n) is 4.50. The summed E-state index contributed by atoms with van der Waals surface area (Å²) in [5.74, 6) is -0.992. The first kappa shape index (κ1) is 13.4. The summed E-state index contributed by atoms with van der Waals surface area (Å²) in [5.41, 5.74) is 2.45. The van der Waals surface area contributed by atoms with E-state index in [1.165, 1.54) is 6.08 Å². The maximum absolute atomic E-state index is 10.5. The summed E-state index contributed by atoms with van der Waals surface area (Å²) in [6, 6.07) is 13.2. The molecule has 0 radical (unpaired) electrons. The third kappa shape index (κ3) is 2.66. The van der Waals surface area contributed by atoms with Gasteiger partial charge in [0.05, 0.1) is 22.4 Å². The van der Waals surface area contributed by atoms with E-state index in [4.69, 9.17) is 16.7 Å². The molecule has 1 aromatic heterocycles. The molecule has 0 bridgehead atoms. The van der Waals surface area contributed by atoms with Crippen molar-refractivity contribution in [1.82, 2.24) is 9.78 Å². The molecule has 0 aliphatic heterocycles. The number of carbonyl (C=O) groups is 1. The van der Waals surface area contributed by atoms with Crippen LogP contribution in [0.2, 0.25) is 5.02 Å². The van der Waals surface area contributed by atoms with Crippen LogP contribution < -0.4 is 0 Å². The van der Waals surface area contributed by atoms with E-state index in [0.717, 1.165) is 28.2 Å². The zero-order chi connectivity index (χ0) is 14.8. The summed E-state index contributed by atoms with van der Waals surface area (Å²) in [7, 11) is 0. The second kappa shape index (κ2) is 5.42. The van der Waals surface area contributed by atoms with Crippen LogP contribution in [0.4, 0.5) is 0 Å². The van der Waals surface area contributed by atoms with E-state index in [1.54, 1.807) is 23.0 Å². The van der Waals surface area contributed by atoms with Gasteiger partial charge in [-0.1, -0.05) is 35.9 Å². The topological polar surface area (TPSA) is 55.1 Å². The number of aromatic nitrogens is 2. The third-order valence-electron chi connectivity index (χ3n) is 3.10. The Morgan fingerprint density at radius 1 is 1.24 bits per heavy atom. The highest BCUT2D eigenvalue weighted by molar-refractivity contribution is 6.32. The van der Waals surface area contributed by atoms with Crippen molar-refractivity contribution < 1.29 is 9.90 Å². The van der Waals surface area contributed by atoms with Crippen LogP contribution in [0.5, 0.6) is 0 Å². The van der Waals surface area contributed by atoms with Crippen molar-refractivity contribution in [3.05, 3.63) is 65.3 Å². The van der Waals surface area contributed by atoms with Gasteiger partial charge in [-0.3, -0.25) is 0 Å². The predicted molar refractivity (Wildman–Crippen MR) is 82.7 cm³/mol. The minimum absolute atomic E-state index is 0.511. The van der Waals surface area contributed by atoms with Gasteiger partial charge in [-0.2, -0.15) is 5.10 Å². The minimum Gasteiger partial charge on any atom is -0.478 e. The van der Waals surface area contributed by atoms with Crippen LogP contribution >= 0.6 is 11.6 Å². The summed E-state index contributed by atoms with van der Waals surface area (Å²) in [6.07, 6.45) is 4.36. The first-order valence-corrected chi connectivity index (χ1v) is 6.66. The van der Waals surface area contributed by atoms with Gasteiger partial charge in [-0.05, 0) is 29.8 Å². The molecule has 0 spiro atoms. The first-order valence-electron chi connectivity index (χ1n) is 6.29. The van der Waals surface area contributed by atoms with Gasteiger partial charge in [-0.15, -0.1) is 0 Å². The molecule has 0 amide bonds. The van der Waals surface area contributed by atoms with Crippen LogP contribution in [0.1, 0.15) is 5.56 Å². The fourth-order valence-corrected chi connectivity index (χ4v) is 2.40. The standard InChI is InChI=1S/C16H11ClN2O2/c17-13-9-11(6-8-16(20)21)5-7-15(13)19-14-4-2-1-3-12(14)10-18-19/h1-10H,(H,20,21)/b8-6+. The molecule has 0 saturated heterocycles. The van der Waals surface area contributed by atoms with Crippen molar-refractivity contribution in [3.63, 3.8) is 0 Å². The van der Waals surface area contributed by atoms with Crippen molar-refractivity contribution >= 4 is 34.5 Å². The summed E-state index contributed by atoms with van der Waals surface area (Å²) < 4.78 is 1.77. The molecular formula is C16H11ClN2O2. The van der Waals surface area contributed by atoms with Crippen molar-refractivity contribution in [2.75, 3.05) is 0 Å². The average molecular weight is 299 g/mol. The summed E-state index contributed by atoms with van der Waals surface area (Å²) in [5, 5.41) is 14.5. The number of halogens is 1. The Morgan fingerprint density at radius 3 is 2.81 bits per heavy atom. The molecule has 3 rings (SSSR count). The van der Waals surface area contributed by atoms with Gasteiger partial charge in [-0.25, -0.2) is 9.48 Å². The highest BCUT2D eigenvalue weighted by Crippen LogP contribution is 2.25. The van der Waals surface area contributed by atoms with Crippen molar-refractivity contribution in [2.24, 2.45) is 0 Å². The van der Waals surface area contributed by atoms with E-state index in [-0.39, 0.29) is 0 Å². The Hall–Kier alpha value is -2.59. The Labute approximate surface area is 125 Å². The Kier molecular flexibility index (Phi) is 3.46. The number of nitrogens with zero attached hydrogens (tertiary/aromatic N) is 2. The molecule has 5 heteroatoms. The molecular weight excluding hydrogens is 288 g/mol. The number of hydrogen-bond donors (Lipinski definition) is 1. The molecule has 21 heavy (non-hydrogen) atoms. The van der Waals surface area contributed by atoms with E-state index in [0.29, 0.717) is 5.02 Å². The fraction of sp³-hybridized carbons (Fsp3) is 0. The van der Waals surface area contributed by atoms with Gasteiger partial charge >= 0.3 is 5.97 Å². The summed E-state index contributed by atoms with van der Waals surface area (Å²) in [4.78, 5) is 10.5. The molecule has 0 atom stereocenters. The number of rotatable bonds is 3. The molecule has 0 unspecified atom stereocenters. The number of carboxylic acids is 1. The van der Waals surface area contributed by atoms with E-state index < -0.39 is 5.97 Å². The van der Waals surface area contributed by atoms with Crippen molar-refractivity contribution in [3.8, 4) is 5.69 Å². The fourth-order valence-electron chi connectivity index (χ4n) is 2.13. The molecule has 0 aliphatic rings. The third-order valence-corrected chi connectivity index (χ3v) is 3.40. The van der Waals surface area contributed by atoms with E-state index in [9.17, 15) is 4.79 Å². The Morgan fingerprint density at radius 2 is 2.05 bits per heavy atom. The minimum atomic E-state index is -0.992. The van der Waals surface area contributed by atoms with Crippen LogP contribution in [0, 0.1) is 0 Å². The van der Waals surface area contributed by atoms with Crippen LogP contribution in [0.15, 0.2) is 54.7 Å². The second-order valence-corrected chi connectivity index (χ2v) is 4.90. The maximum Gasteiger partial charge on any atom is 0.328 e. The van der Waals surface area contributed by atoms with Crippen LogP contribution in [0.25, 0.3) is 22.7 Å². The Balaban J connectivity index is 2.05. The average Bonchev–Trinajstić information content (AvgIpc) is 2.89. The smallest absolute Gasteiger partial charge is 0.328 e. The van der Waals surface area contributed by atoms with Gasteiger partial charge in [0.2, 0.25) is 0 Å². The quantitative estimate of drug-likeness (QED) is 0.749. The molecule has 0 fully saturated rings. The van der Waals surface area contributed by atoms with Gasteiger partial charge in [0.1, 0.15) is 0 Å². The number of carboxylic acid groups (broad SMARTS) is 1. The van der Waals surface area contributed by atoms with Crippen molar-refractivity contribution in [2.45, 2.75) is 0 Å². The largest absolute Gasteiger partial charge is 0.478 e. The number of aliphatic carboxylic acids is 1. The van der Waals surface area contributed by atoms with Crippen LogP contribution in [-0.2, 0) is 4.79 Å². The molecule has 1 N–H and O–H groups in total. The molecule has 4 nitrogen and oxygen atoms in total. The molecule has 0 saturated carbocycles. The van der Waals surface area contributed by atoms with Gasteiger partial charge in [0.25, 0.3) is 0 Å². The molecule has 0 aliphatic carbocycles. The first-order chi connectivity index (χ1) is 10.1. The molecule has 3 aromatic rings. The Bertz CT molecular complexity index is 852. The van der Waals surface area contributed by atoms with Crippen molar-refractivity contribution in [1.29, 1.82) is 0 Å². The number of hydrogen-bond acceptors (Lipinski definition) is 2. The lowest BCUT2D eigenvalue weighted by Gasteiger charge is -2.07. The normalized spacial score (nSPS) is 11.3. The van der Waals surface area contributed by atoms with Gasteiger partial charge in [0, 0.05) is 11.5 Å². The lowest BCUT2D eigenvalue weighted by molar-refractivity contribution is -0.131. The number of fused-ring (bicyclic) bond motifs is 1. The molecule has 1 heterocycles. The van der Waals surface area contributed by atoms with Gasteiger partial charge < -0.3 is 5.11 Å². The van der Waals surface area contributed by atoms with E-state index >= 15 is 0 Å². The monoisotopic (exact) mass is 298 g/mol. The maximum atomic E-state index is 10.5. The highest BCUT2D eigenvalue weighted by Gasteiger charge is 2.08. The summed E-state index contributed by atoms with van der Waals surface area (Å²) in [6.45, 7) is 0. The van der Waals surface area contributed by atoms with Gasteiger partial charge in [0.15, 0.2) is 0 Å². The SMILES string of the molecule is O=C(O)/C=C/c1ccc(-n2ncc3ccccc32)c(Cl)c1. The predicted octanol–water partition coefficient (Wildman–Crippen LogP) is 3.78. The zero-order valence-corrected chi connectivity index (χ0v) is 11.7. The molecule has 104 valence electrons. The lowest BCUT2D eigenvalue weighted by atomic mass is 10.2. The summed E-state index contributed by atoms with van der Waals surface area (Å²) >= 11 is 6.29. The number of benzene rings is 2. The molecule has 2 aromatic carbocycles. The van der Waals surface area contributed by atoms with E-state index in [2.05, 4.69) is 5.10 Å². The van der Waals surface area contributed by atoms with Crippen LogP contribution in [-0.4, -0.2) is 20.9 Å². The van der Waals surface area contributed by atoms with E-state index in [1.807, 2.05) is 30.3 Å². The van der Waals surface area contributed by atoms with Crippen LogP contribution in [0.3, 0.4) is 0 Å². The highest BCUT2D eigenvalue weighted by atomic mass is 35.5. The number of para-hydroxylation sites is 1. The lowest BCUT2D eigenvalue weighted by Crippen LogP contribution is -1.97. The zero-order valence-electron chi connectivity index (χ0n) is 10.9.